The summed E-state index contributed by atoms with van der Waals surface area (Å²) in [6.07, 6.45) is 12.6. The maximum Gasteiger partial charge on any atom is 0.246 e. The van der Waals surface area contributed by atoms with Crippen LogP contribution in [0.2, 0.25) is 0 Å². The van der Waals surface area contributed by atoms with E-state index < -0.39 is 0 Å². The van der Waals surface area contributed by atoms with Crippen molar-refractivity contribution in [2.24, 2.45) is 0 Å². The first-order chi connectivity index (χ1) is 18.2. The van der Waals surface area contributed by atoms with E-state index in [2.05, 4.69) is 26.4 Å². The fraction of sp³-hybridized carbons (Fsp3) is 0.214. The van der Waals surface area contributed by atoms with Gasteiger partial charge in [0.05, 0.1) is 5.69 Å². The molecular weight excluding hydrogens is 461 g/mol. The summed E-state index contributed by atoms with van der Waals surface area (Å²) in [6.45, 7) is 1.94. The molecule has 37 heavy (non-hydrogen) atoms. The number of nitrogens with zero attached hydrogens (tertiary/aromatic N) is 5. The first kappa shape index (κ1) is 23.0. The molecule has 0 aliphatic carbocycles. The second-order valence-corrected chi connectivity index (χ2v) is 9.36. The van der Waals surface area contributed by atoms with E-state index in [0.717, 1.165) is 52.9 Å². The molecule has 0 saturated carbocycles. The van der Waals surface area contributed by atoms with Crippen molar-refractivity contribution in [2.45, 2.75) is 25.3 Å². The summed E-state index contributed by atoms with van der Waals surface area (Å²) in [6, 6.07) is 14.0. The molecule has 1 amide bonds. The number of anilines is 1. The van der Waals surface area contributed by atoms with E-state index in [9.17, 15) is 4.79 Å². The fourth-order valence-electron chi connectivity index (χ4n) is 4.95. The van der Waals surface area contributed by atoms with Crippen LogP contribution in [0.4, 0.5) is 5.82 Å². The number of likely N-dealkylation sites (tertiary alicyclic amines) is 1. The van der Waals surface area contributed by atoms with Gasteiger partial charge >= 0.3 is 0 Å². The van der Waals surface area contributed by atoms with E-state index in [1.54, 1.807) is 23.0 Å². The van der Waals surface area contributed by atoms with Gasteiger partial charge in [-0.2, -0.15) is 9.61 Å². The number of amides is 1. The number of hydrogen-bond donors (Lipinski definition) is 2. The van der Waals surface area contributed by atoms with Crippen LogP contribution >= 0.6 is 0 Å². The summed E-state index contributed by atoms with van der Waals surface area (Å²) in [5.74, 6) is 0.926. The number of H-pyrrole nitrogens is 1. The van der Waals surface area contributed by atoms with Crippen LogP contribution in [0.5, 0.6) is 0 Å². The third-order valence-electron chi connectivity index (χ3n) is 6.89. The Morgan fingerprint density at radius 1 is 1.22 bits per heavy atom. The highest BCUT2D eigenvalue weighted by atomic mass is 16.2. The van der Waals surface area contributed by atoms with E-state index in [4.69, 9.17) is 12.8 Å². The number of rotatable bonds is 6. The van der Waals surface area contributed by atoms with Gasteiger partial charge in [0, 0.05) is 73.4 Å². The van der Waals surface area contributed by atoms with Crippen molar-refractivity contribution in [3.63, 3.8) is 0 Å². The quantitative estimate of drug-likeness (QED) is 0.283. The Hall–Kier alpha value is -4.40. The molecule has 1 aliphatic rings. The van der Waals surface area contributed by atoms with E-state index in [0.29, 0.717) is 24.2 Å². The molecule has 1 atom stereocenters. The molecule has 6 rings (SSSR count). The Kier molecular flexibility index (Phi) is 6.18. The van der Waals surface area contributed by atoms with Gasteiger partial charge in [0.25, 0.3) is 0 Å². The highest BCUT2D eigenvalue weighted by molar-refractivity contribution is 6.36. The third kappa shape index (κ3) is 4.72. The normalized spacial score (nSPS) is 16.1. The summed E-state index contributed by atoms with van der Waals surface area (Å²) < 4.78 is 1.73. The zero-order chi connectivity index (χ0) is 25.2. The summed E-state index contributed by atoms with van der Waals surface area (Å²) in [5.41, 5.74) is 5.17. The van der Waals surface area contributed by atoms with Crippen LogP contribution in [0, 0.1) is 0 Å². The highest BCUT2D eigenvalue weighted by Gasteiger charge is 2.26. The average molecular weight is 487 g/mol. The molecule has 2 N–H and O–H groups in total. The molecule has 1 fully saturated rings. The summed E-state index contributed by atoms with van der Waals surface area (Å²) in [7, 11) is 6.19. The minimum atomic E-state index is 0.00912. The maximum absolute atomic E-state index is 13.1. The second-order valence-electron chi connectivity index (χ2n) is 9.36. The van der Waals surface area contributed by atoms with Crippen molar-refractivity contribution in [1.82, 2.24) is 29.5 Å². The topological polar surface area (TPSA) is 91.2 Å². The Morgan fingerprint density at radius 2 is 2.14 bits per heavy atom. The van der Waals surface area contributed by atoms with Crippen LogP contribution in [0.3, 0.4) is 0 Å². The number of aromatic nitrogens is 5. The van der Waals surface area contributed by atoms with Crippen molar-refractivity contribution in [1.29, 1.82) is 0 Å². The van der Waals surface area contributed by atoms with Gasteiger partial charge in [-0.1, -0.05) is 24.3 Å². The third-order valence-corrected chi connectivity index (χ3v) is 6.89. The van der Waals surface area contributed by atoms with Gasteiger partial charge in [0.2, 0.25) is 5.91 Å². The van der Waals surface area contributed by atoms with Gasteiger partial charge in [0.15, 0.2) is 5.65 Å². The number of pyridine rings is 1. The number of carbonyl (C=O) groups excluding carboxylic acids is 1. The van der Waals surface area contributed by atoms with E-state index in [1.807, 2.05) is 59.8 Å². The van der Waals surface area contributed by atoms with Crippen molar-refractivity contribution in [3.8, 4) is 0 Å². The molecule has 0 spiro atoms. The number of nitrogens with one attached hydrogen (secondary N) is 2. The second kappa shape index (κ2) is 9.93. The molecule has 5 aromatic rings. The lowest BCUT2D eigenvalue weighted by atomic mass is 9.93. The molecule has 1 unspecified atom stereocenters. The minimum absolute atomic E-state index is 0.00912. The van der Waals surface area contributed by atoms with E-state index >= 15 is 0 Å². The first-order valence-electron chi connectivity index (χ1n) is 12.5. The van der Waals surface area contributed by atoms with Crippen molar-refractivity contribution in [2.75, 3.05) is 18.4 Å². The predicted octanol–water partition coefficient (Wildman–Crippen LogP) is 3.43. The number of carbonyl (C=O) groups is 1. The molecule has 2 radical (unpaired) electrons. The lowest BCUT2D eigenvalue weighted by molar-refractivity contribution is -0.127. The van der Waals surface area contributed by atoms with Crippen molar-refractivity contribution < 1.29 is 4.79 Å². The molecule has 8 nitrogen and oxygen atoms in total. The van der Waals surface area contributed by atoms with Crippen molar-refractivity contribution >= 4 is 47.7 Å². The minimum Gasteiger partial charge on any atom is -0.366 e. The van der Waals surface area contributed by atoms with Gasteiger partial charge in [-0.25, -0.2) is 4.98 Å². The standard InChI is InChI=1S/C28H26BN7O/c29-23-17-33-36-26(32-15-19-5-3-11-30-14-19)13-25(34-28(23)36)21-6-4-12-35(18-21)27(37)10-9-20-16-31-24-8-2-1-7-22(20)24/h1-3,5,7-11,13-14,16-17,21,31-32H,4,6,12,15,18H2/b10-9+. The van der Waals surface area contributed by atoms with Gasteiger partial charge < -0.3 is 15.2 Å². The number of aromatic amines is 1. The summed E-state index contributed by atoms with van der Waals surface area (Å²) in [4.78, 5) is 27.3. The zero-order valence-corrected chi connectivity index (χ0v) is 20.3. The summed E-state index contributed by atoms with van der Waals surface area (Å²) >= 11 is 0. The van der Waals surface area contributed by atoms with Crippen LogP contribution in [0.15, 0.2) is 73.3 Å². The first-order valence-corrected chi connectivity index (χ1v) is 12.5. The fourth-order valence-corrected chi connectivity index (χ4v) is 4.95. The Labute approximate surface area is 215 Å². The predicted molar refractivity (Wildman–Crippen MR) is 146 cm³/mol. The van der Waals surface area contributed by atoms with Crippen LogP contribution in [-0.4, -0.2) is 56.3 Å². The van der Waals surface area contributed by atoms with Gasteiger partial charge in [0.1, 0.15) is 13.7 Å². The Bertz CT molecular complexity index is 1590. The number of benzene rings is 1. The van der Waals surface area contributed by atoms with Crippen LogP contribution in [0.25, 0.3) is 22.6 Å². The summed E-state index contributed by atoms with van der Waals surface area (Å²) in [5, 5.41) is 8.96. The Morgan fingerprint density at radius 3 is 3.03 bits per heavy atom. The lowest BCUT2D eigenvalue weighted by Crippen LogP contribution is -2.38. The monoisotopic (exact) mass is 487 g/mol. The van der Waals surface area contributed by atoms with Gasteiger partial charge in [-0.15, -0.1) is 0 Å². The molecule has 1 aliphatic heterocycles. The smallest absolute Gasteiger partial charge is 0.246 e. The molecular formula is C28H26BN7O. The molecule has 9 heteroatoms. The number of fused-ring (bicyclic) bond motifs is 2. The van der Waals surface area contributed by atoms with Crippen LogP contribution in [0.1, 0.15) is 35.6 Å². The highest BCUT2D eigenvalue weighted by Crippen LogP contribution is 2.28. The maximum atomic E-state index is 13.1. The van der Waals surface area contributed by atoms with Gasteiger partial charge in [-0.3, -0.25) is 9.78 Å². The van der Waals surface area contributed by atoms with Crippen LogP contribution < -0.4 is 10.8 Å². The number of para-hydroxylation sites is 1. The number of hydrogen-bond acceptors (Lipinski definition) is 5. The molecule has 1 aromatic carbocycles. The molecule has 4 aromatic heterocycles. The lowest BCUT2D eigenvalue weighted by Gasteiger charge is -2.32. The Balaban J connectivity index is 1.21. The number of piperidine rings is 1. The molecule has 5 heterocycles. The molecule has 1 saturated heterocycles. The molecule has 182 valence electrons. The van der Waals surface area contributed by atoms with Crippen molar-refractivity contribution in [3.05, 3.63) is 90.1 Å². The van der Waals surface area contributed by atoms with Crippen LogP contribution in [-0.2, 0) is 11.3 Å². The van der Waals surface area contributed by atoms with E-state index in [1.165, 1.54) is 0 Å². The van der Waals surface area contributed by atoms with E-state index in [-0.39, 0.29) is 11.8 Å². The average Bonchev–Trinajstić information content (AvgIpc) is 3.54. The SMILES string of the molecule is [B]c1cnn2c(NCc3cccnc3)cc(C3CCCN(C(=O)/C=C/c4c[nH]c5ccccc45)C3)nc12. The largest absolute Gasteiger partial charge is 0.366 e. The zero-order valence-electron chi connectivity index (χ0n) is 20.3. The molecule has 0 bridgehead atoms. The van der Waals surface area contributed by atoms with Gasteiger partial charge in [-0.05, 0) is 47.6 Å².